The van der Waals surface area contributed by atoms with Crippen LogP contribution < -0.4 is 10.6 Å². The van der Waals surface area contributed by atoms with Crippen LogP contribution in [0.15, 0.2) is 0 Å². The van der Waals surface area contributed by atoms with E-state index in [9.17, 15) is 9.59 Å². The van der Waals surface area contributed by atoms with E-state index in [0.29, 0.717) is 18.8 Å². The van der Waals surface area contributed by atoms with Crippen LogP contribution in [0.25, 0.3) is 0 Å². The first-order valence-corrected chi connectivity index (χ1v) is 7.36. The molecule has 0 spiro atoms. The third-order valence-electron chi connectivity index (χ3n) is 4.85. The summed E-state index contributed by atoms with van der Waals surface area (Å²) in [7, 11) is 0. The molecule has 0 atom stereocenters. The second kappa shape index (κ2) is 4.69. The van der Waals surface area contributed by atoms with Gasteiger partial charge in [0.25, 0.3) is 0 Å². The maximum absolute atomic E-state index is 11.7. The summed E-state index contributed by atoms with van der Waals surface area (Å²) in [5, 5.41) is 14.7. The highest BCUT2D eigenvalue weighted by atomic mass is 16.4. The molecular formula is C14H22N2O3. The monoisotopic (exact) mass is 266 g/mol. The summed E-state index contributed by atoms with van der Waals surface area (Å²) in [6, 6.07) is -0.209. The number of nitrogens with one attached hydrogen (secondary N) is 2. The predicted molar refractivity (Wildman–Crippen MR) is 69.6 cm³/mol. The molecule has 0 aromatic rings. The third-order valence-corrected chi connectivity index (χ3v) is 4.85. The molecule has 0 heterocycles. The molecule has 0 unspecified atom stereocenters. The molecule has 3 saturated carbocycles. The van der Waals surface area contributed by atoms with Crippen LogP contribution in [-0.2, 0) is 4.79 Å². The van der Waals surface area contributed by atoms with Crippen LogP contribution in [0.1, 0.15) is 38.5 Å². The van der Waals surface area contributed by atoms with Crippen molar-refractivity contribution in [3.8, 4) is 0 Å². The zero-order valence-electron chi connectivity index (χ0n) is 11.2. The topological polar surface area (TPSA) is 78.4 Å². The van der Waals surface area contributed by atoms with Gasteiger partial charge >= 0.3 is 12.0 Å². The molecule has 0 radical (unpaired) electrons. The lowest BCUT2D eigenvalue weighted by Crippen LogP contribution is -2.42. The molecule has 2 amide bonds. The number of aliphatic carboxylic acids is 1. The van der Waals surface area contributed by atoms with Gasteiger partial charge in [0.15, 0.2) is 0 Å². The number of urea groups is 1. The van der Waals surface area contributed by atoms with E-state index in [0.717, 1.165) is 18.4 Å². The lowest BCUT2D eigenvalue weighted by atomic mass is 9.98. The van der Waals surface area contributed by atoms with Crippen LogP contribution in [0.4, 0.5) is 4.79 Å². The van der Waals surface area contributed by atoms with Crippen molar-refractivity contribution >= 4 is 12.0 Å². The fourth-order valence-corrected chi connectivity index (χ4v) is 2.91. The first-order chi connectivity index (χ1) is 9.11. The smallest absolute Gasteiger partial charge is 0.314 e. The van der Waals surface area contributed by atoms with Gasteiger partial charge in [0.2, 0.25) is 0 Å². The van der Waals surface area contributed by atoms with Gasteiger partial charge in [0, 0.05) is 13.1 Å². The average Bonchev–Trinajstić information content (AvgIpc) is 3.26. The molecule has 0 aromatic heterocycles. The number of carboxylic acids is 1. The average molecular weight is 266 g/mol. The van der Waals surface area contributed by atoms with Gasteiger partial charge in [-0.1, -0.05) is 0 Å². The summed E-state index contributed by atoms with van der Waals surface area (Å²) in [5.74, 6) is 1.50. The van der Waals surface area contributed by atoms with Gasteiger partial charge in [0.05, 0.1) is 5.41 Å². The first-order valence-electron chi connectivity index (χ1n) is 7.36. The van der Waals surface area contributed by atoms with Crippen LogP contribution in [-0.4, -0.2) is 30.2 Å². The summed E-state index contributed by atoms with van der Waals surface area (Å²) in [6.45, 7) is 1.01. The molecule has 0 aromatic carbocycles. The maximum Gasteiger partial charge on any atom is 0.314 e. The second-order valence-electron chi connectivity index (χ2n) is 6.49. The fourth-order valence-electron chi connectivity index (χ4n) is 2.91. The Kier molecular flexibility index (Phi) is 3.15. The summed E-state index contributed by atoms with van der Waals surface area (Å²) < 4.78 is 0. The quantitative estimate of drug-likeness (QED) is 0.654. The summed E-state index contributed by atoms with van der Waals surface area (Å²) >= 11 is 0. The number of carbonyl (C=O) groups is 2. The molecule has 0 saturated heterocycles. The van der Waals surface area contributed by atoms with E-state index in [-0.39, 0.29) is 12.6 Å². The van der Waals surface area contributed by atoms with Crippen molar-refractivity contribution in [1.82, 2.24) is 10.6 Å². The maximum atomic E-state index is 11.7. The standard InChI is InChI=1S/C14H22N2O3/c17-12(18)14(5-6-14)8-16-13(19)15-7-11(9-1-2-9)10-3-4-10/h9-11H,1-8H2,(H,17,18)(H2,15,16,19). The fraction of sp³-hybridized carbons (Fsp3) is 0.857. The Bertz CT molecular complexity index is 372. The molecule has 3 rings (SSSR count). The van der Waals surface area contributed by atoms with Crippen molar-refractivity contribution in [3.63, 3.8) is 0 Å². The minimum atomic E-state index is -0.790. The highest BCUT2D eigenvalue weighted by Crippen LogP contribution is 2.48. The number of amides is 2. The Morgan fingerprint density at radius 1 is 1.11 bits per heavy atom. The molecule has 106 valence electrons. The van der Waals surface area contributed by atoms with Gasteiger partial charge in [-0.3, -0.25) is 4.79 Å². The van der Waals surface area contributed by atoms with Gasteiger partial charge in [-0.2, -0.15) is 0 Å². The summed E-state index contributed by atoms with van der Waals surface area (Å²) in [4.78, 5) is 22.7. The minimum Gasteiger partial charge on any atom is -0.481 e. The van der Waals surface area contributed by atoms with Crippen molar-refractivity contribution in [3.05, 3.63) is 0 Å². The zero-order valence-corrected chi connectivity index (χ0v) is 11.2. The highest BCUT2D eigenvalue weighted by molar-refractivity contribution is 5.80. The van der Waals surface area contributed by atoms with Gasteiger partial charge in [0.1, 0.15) is 0 Å². The van der Waals surface area contributed by atoms with E-state index in [1.165, 1.54) is 25.7 Å². The van der Waals surface area contributed by atoms with Crippen molar-refractivity contribution in [2.45, 2.75) is 38.5 Å². The van der Waals surface area contributed by atoms with E-state index < -0.39 is 11.4 Å². The van der Waals surface area contributed by atoms with E-state index in [1.54, 1.807) is 0 Å². The lowest BCUT2D eigenvalue weighted by molar-refractivity contribution is -0.143. The van der Waals surface area contributed by atoms with E-state index in [1.807, 2.05) is 0 Å². The largest absolute Gasteiger partial charge is 0.481 e. The normalized spacial score (nSPS) is 24.1. The predicted octanol–water partition coefficient (Wildman–Crippen LogP) is 1.59. The molecular weight excluding hydrogens is 244 g/mol. The number of carboxylic acid groups (broad SMARTS) is 1. The minimum absolute atomic E-state index is 0.209. The van der Waals surface area contributed by atoms with Crippen molar-refractivity contribution in [2.24, 2.45) is 23.2 Å². The van der Waals surface area contributed by atoms with E-state index in [4.69, 9.17) is 5.11 Å². The van der Waals surface area contributed by atoms with Gasteiger partial charge in [-0.15, -0.1) is 0 Å². The van der Waals surface area contributed by atoms with Crippen molar-refractivity contribution in [1.29, 1.82) is 0 Å². The van der Waals surface area contributed by atoms with E-state index in [2.05, 4.69) is 10.6 Å². The van der Waals surface area contributed by atoms with Crippen LogP contribution in [0.3, 0.4) is 0 Å². The Balaban J connectivity index is 1.38. The van der Waals surface area contributed by atoms with E-state index >= 15 is 0 Å². The van der Waals surface area contributed by atoms with Crippen molar-refractivity contribution in [2.75, 3.05) is 13.1 Å². The molecule has 3 aliphatic rings. The van der Waals surface area contributed by atoms with Gasteiger partial charge in [-0.05, 0) is 56.3 Å². The van der Waals surface area contributed by atoms with Gasteiger partial charge in [-0.25, -0.2) is 4.79 Å². The molecule has 3 fully saturated rings. The Labute approximate surface area is 113 Å². The Morgan fingerprint density at radius 3 is 2.11 bits per heavy atom. The molecule has 3 aliphatic carbocycles. The van der Waals surface area contributed by atoms with Crippen LogP contribution >= 0.6 is 0 Å². The Morgan fingerprint density at radius 2 is 1.68 bits per heavy atom. The van der Waals surface area contributed by atoms with Crippen LogP contribution in [0.2, 0.25) is 0 Å². The van der Waals surface area contributed by atoms with Gasteiger partial charge < -0.3 is 15.7 Å². The molecule has 3 N–H and O–H groups in total. The summed E-state index contributed by atoms with van der Waals surface area (Å²) in [6.07, 6.45) is 6.60. The zero-order chi connectivity index (χ0) is 13.5. The number of rotatable bonds is 7. The molecule has 0 bridgehead atoms. The van der Waals surface area contributed by atoms with Crippen LogP contribution in [0.5, 0.6) is 0 Å². The van der Waals surface area contributed by atoms with Crippen LogP contribution in [0, 0.1) is 23.2 Å². The third kappa shape index (κ3) is 3.01. The summed E-state index contributed by atoms with van der Waals surface area (Å²) in [5.41, 5.74) is -0.677. The Hall–Kier alpha value is -1.26. The molecule has 19 heavy (non-hydrogen) atoms. The number of carbonyl (C=O) groups excluding carboxylic acids is 1. The molecule has 5 heteroatoms. The second-order valence-corrected chi connectivity index (χ2v) is 6.49. The lowest BCUT2D eigenvalue weighted by Gasteiger charge is -2.17. The SMILES string of the molecule is O=C(NCC(C1CC1)C1CC1)NCC1(C(=O)O)CC1. The first kappa shape index (κ1) is 12.8. The molecule has 5 nitrogen and oxygen atoms in total. The highest BCUT2D eigenvalue weighted by Gasteiger charge is 2.50. The van der Waals surface area contributed by atoms with Crippen molar-refractivity contribution < 1.29 is 14.7 Å². The number of hydrogen-bond acceptors (Lipinski definition) is 2. The number of hydrogen-bond donors (Lipinski definition) is 3. The molecule has 0 aliphatic heterocycles.